The van der Waals surface area contributed by atoms with E-state index in [2.05, 4.69) is 38.4 Å². The lowest BCUT2D eigenvalue weighted by Gasteiger charge is -2.53. The van der Waals surface area contributed by atoms with Crippen LogP contribution < -0.4 is 19.7 Å². The van der Waals surface area contributed by atoms with Crippen LogP contribution in [0.1, 0.15) is 24.8 Å². The van der Waals surface area contributed by atoms with Crippen molar-refractivity contribution in [1.29, 1.82) is 0 Å². The van der Waals surface area contributed by atoms with E-state index in [-0.39, 0.29) is 0 Å². The Morgan fingerprint density at radius 1 is 1.08 bits per heavy atom. The first-order chi connectivity index (χ1) is 18.2. The number of rotatable bonds is 5. The van der Waals surface area contributed by atoms with Gasteiger partial charge in [0.25, 0.3) is 0 Å². The molecule has 190 valence electrons. The molecular weight excluding hydrogens is 468 g/mol. The number of hydrogen-bond donors (Lipinski definition) is 1. The van der Waals surface area contributed by atoms with Gasteiger partial charge in [0.1, 0.15) is 5.75 Å². The molecule has 0 unspecified atom stereocenters. The van der Waals surface area contributed by atoms with Gasteiger partial charge < -0.3 is 28.8 Å². The number of nitrogens with zero attached hydrogens (tertiary/aromatic N) is 5. The Morgan fingerprint density at radius 2 is 1.97 bits per heavy atom. The molecule has 0 aliphatic carbocycles. The van der Waals surface area contributed by atoms with E-state index in [1.165, 1.54) is 0 Å². The molecule has 3 aromatic heterocycles. The van der Waals surface area contributed by atoms with Crippen LogP contribution in [-0.2, 0) is 11.2 Å². The Morgan fingerprint density at radius 3 is 2.84 bits per heavy atom. The van der Waals surface area contributed by atoms with Gasteiger partial charge in [-0.25, -0.2) is 15.0 Å². The molecule has 9 heteroatoms. The summed E-state index contributed by atoms with van der Waals surface area (Å²) in [6.45, 7) is 4.58. The number of pyridine rings is 1. The number of methoxy groups -OCH3 is 1. The van der Waals surface area contributed by atoms with E-state index in [0.29, 0.717) is 11.2 Å². The second kappa shape index (κ2) is 8.92. The molecule has 6 heterocycles. The maximum absolute atomic E-state index is 5.81. The van der Waals surface area contributed by atoms with Crippen LogP contribution >= 0.6 is 0 Å². The molecule has 0 atom stereocenters. The molecule has 7 rings (SSSR count). The number of aromatic nitrogens is 4. The third-order valence-corrected chi connectivity index (χ3v) is 7.81. The predicted molar refractivity (Wildman–Crippen MR) is 141 cm³/mol. The van der Waals surface area contributed by atoms with Crippen molar-refractivity contribution in [2.45, 2.75) is 25.7 Å². The minimum Gasteiger partial charge on any atom is -0.495 e. The molecule has 0 amide bonds. The topological polar surface area (TPSA) is 86.0 Å². The number of nitrogens with one attached hydrogen (secondary N) is 1. The predicted octanol–water partition coefficient (Wildman–Crippen LogP) is 4.49. The molecule has 3 aliphatic rings. The zero-order valence-electron chi connectivity index (χ0n) is 20.9. The van der Waals surface area contributed by atoms with Gasteiger partial charge in [0.2, 0.25) is 5.88 Å². The molecule has 2 fully saturated rings. The lowest BCUT2D eigenvalue weighted by Crippen LogP contribution is -2.58. The first kappa shape index (κ1) is 22.4. The number of ether oxygens (including phenoxy) is 3. The average Bonchev–Trinajstić information content (AvgIpc) is 3.41. The summed E-state index contributed by atoms with van der Waals surface area (Å²) in [6, 6.07) is 8.38. The van der Waals surface area contributed by atoms with Gasteiger partial charge in [-0.15, -0.1) is 0 Å². The summed E-state index contributed by atoms with van der Waals surface area (Å²) in [5.74, 6) is 2.26. The number of aryl methyl sites for hydroxylation is 1. The minimum absolute atomic E-state index is 0.397. The summed E-state index contributed by atoms with van der Waals surface area (Å²) in [7, 11) is 1.73. The number of imidazole rings is 1. The van der Waals surface area contributed by atoms with Gasteiger partial charge in [-0.1, -0.05) is 0 Å². The van der Waals surface area contributed by atoms with Crippen LogP contribution in [0.5, 0.6) is 11.6 Å². The summed E-state index contributed by atoms with van der Waals surface area (Å²) in [6.07, 6.45) is 11.8. The first-order valence-electron chi connectivity index (χ1n) is 12.9. The van der Waals surface area contributed by atoms with Gasteiger partial charge in [-0.2, -0.15) is 0 Å². The van der Waals surface area contributed by atoms with Crippen molar-refractivity contribution in [3.05, 3.63) is 54.6 Å². The number of anilines is 3. The molecule has 1 aromatic carbocycles. The van der Waals surface area contributed by atoms with Crippen LogP contribution in [0.4, 0.5) is 17.2 Å². The molecule has 1 spiro atoms. The van der Waals surface area contributed by atoms with Crippen molar-refractivity contribution in [3.63, 3.8) is 0 Å². The monoisotopic (exact) mass is 498 g/mol. The Bertz CT molecular complexity index is 1450. The van der Waals surface area contributed by atoms with Crippen LogP contribution in [0.3, 0.4) is 0 Å². The average molecular weight is 499 g/mol. The first-order valence-corrected chi connectivity index (χ1v) is 12.9. The van der Waals surface area contributed by atoms with Gasteiger partial charge in [0.15, 0.2) is 11.5 Å². The smallest absolute Gasteiger partial charge is 0.216 e. The highest BCUT2D eigenvalue weighted by molar-refractivity contribution is 5.76. The maximum atomic E-state index is 5.81. The van der Waals surface area contributed by atoms with Crippen LogP contribution in [0.25, 0.3) is 16.9 Å². The van der Waals surface area contributed by atoms with E-state index in [9.17, 15) is 0 Å². The third-order valence-electron chi connectivity index (χ3n) is 7.81. The van der Waals surface area contributed by atoms with Crippen LogP contribution in [0.2, 0.25) is 0 Å². The van der Waals surface area contributed by atoms with Gasteiger partial charge in [0, 0.05) is 79.4 Å². The van der Waals surface area contributed by atoms with Crippen molar-refractivity contribution < 1.29 is 14.2 Å². The zero-order chi connectivity index (χ0) is 24.8. The molecule has 1 N–H and O–H groups in total. The summed E-state index contributed by atoms with van der Waals surface area (Å²) in [5, 5.41) is 3.48. The molecular formula is C28H30N6O3. The standard InChI is InChI=1S/C28H30N6O3/c1-35-24-14-21(4-5-23(24)34-17-28(18-34)6-11-36-12-7-28)31-25-26-29-8-9-33(26)16-22(32-25)20-13-19-3-2-10-37-27(19)30-15-20/h4-5,8-9,13-16H,2-3,6-7,10-12,17-18H2,1H3,(H,31,32). The normalized spacial score (nSPS) is 18.2. The second-order valence-corrected chi connectivity index (χ2v) is 10.3. The van der Waals surface area contributed by atoms with Gasteiger partial charge in [-0.3, -0.25) is 0 Å². The van der Waals surface area contributed by atoms with Gasteiger partial charge in [-0.05, 0) is 43.9 Å². The second-order valence-electron chi connectivity index (χ2n) is 10.3. The van der Waals surface area contributed by atoms with Gasteiger partial charge >= 0.3 is 0 Å². The highest BCUT2D eigenvalue weighted by Gasteiger charge is 2.44. The fourth-order valence-corrected chi connectivity index (χ4v) is 5.74. The number of fused-ring (bicyclic) bond motifs is 2. The van der Waals surface area contributed by atoms with Crippen molar-refractivity contribution in [2.24, 2.45) is 5.41 Å². The van der Waals surface area contributed by atoms with E-state index in [0.717, 1.165) is 104 Å². The fraction of sp³-hybridized carbons (Fsp3) is 0.393. The zero-order valence-corrected chi connectivity index (χ0v) is 20.9. The number of benzene rings is 1. The number of hydrogen-bond acceptors (Lipinski definition) is 8. The van der Waals surface area contributed by atoms with E-state index >= 15 is 0 Å². The molecule has 2 saturated heterocycles. The van der Waals surface area contributed by atoms with E-state index in [4.69, 9.17) is 19.2 Å². The molecule has 0 bridgehead atoms. The van der Waals surface area contributed by atoms with Crippen molar-refractivity contribution in [1.82, 2.24) is 19.4 Å². The van der Waals surface area contributed by atoms with Crippen LogP contribution in [-0.4, -0.2) is 59.4 Å². The highest BCUT2D eigenvalue weighted by Crippen LogP contribution is 2.45. The van der Waals surface area contributed by atoms with Crippen molar-refractivity contribution in [2.75, 3.05) is 50.2 Å². The molecule has 0 radical (unpaired) electrons. The Kier molecular flexibility index (Phi) is 5.39. The minimum atomic E-state index is 0.397. The van der Waals surface area contributed by atoms with Crippen molar-refractivity contribution >= 4 is 22.8 Å². The summed E-state index contributed by atoms with van der Waals surface area (Å²) in [5.41, 5.74) is 6.07. The SMILES string of the molecule is COc1cc(Nc2nc(-c3cnc4c(c3)CCCO4)cn3ccnc23)ccc1N1CC2(CCOCC2)C1. The third kappa shape index (κ3) is 4.03. The Balaban J connectivity index is 1.17. The lowest BCUT2D eigenvalue weighted by atomic mass is 9.73. The van der Waals surface area contributed by atoms with Crippen LogP contribution in [0.15, 0.2) is 49.1 Å². The van der Waals surface area contributed by atoms with Crippen LogP contribution in [0, 0.1) is 5.41 Å². The van der Waals surface area contributed by atoms with Crippen molar-refractivity contribution in [3.8, 4) is 22.9 Å². The Hall–Kier alpha value is -3.85. The molecule has 0 saturated carbocycles. The highest BCUT2D eigenvalue weighted by atomic mass is 16.5. The molecule has 37 heavy (non-hydrogen) atoms. The van der Waals surface area contributed by atoms with E-state index in [1.807, 2.05) is 29.1 Å². The van der Waals surface area contributed by atoms with E-state index in [1.54, 1.807) is 13.3 Å². The molecule has 9 nitrogen and oxygen atoms in total. The maximum Gasteiger partial charge on any atom is 0.216 e. The Labute approximate surface area is 215 Å². The molecule has 4 aromatic rings. The molecule has 3 aliphatic heterocycles. The summed E-state index contributed by atoms with van der Waals surface area (Å²) >= 11 is 0. The summed E-state index contributed by atoms with van der Waals surface area (Å²) in [4.78, 5) is 16.4. The summed E-state index contributed by atoms with van der Waals surface area (Å²) < 4.78 is 19.1. The van der Waals surface area contributed by atoms with E-state index < -0.39 is 0 Å². The quantitative estimate of drug-likeness (QED) is 0.431. The fourth-order valence-electron chi connectivity index (χ4n) is 5.74. The lowest BCUT2D eigenvalue weighted by molar-refractivity contribution is -0.000311. The largest absolute Gasteiger partial charge is 0.495 e. The van der Waals surface area contributed by atoms with Gasteiger partial charge in [0.05, 0.1) is 25.1 Å².